The molecule has 0 unspecified atom stereocenters. The quantitative estimate of drug-likeness (QED) is 0.228. The van der Waals surface area contributed by atoms with E-state index in [9.17, 15) is 24.5 Å². The first-order valence-electron chi connectivity index (χ1n) is 8.82. The van der Waals surface area contributed by atoms with Gasteiger partial charge >= 0.3 is 5.97 Å². The van der Waals surface area contributed by atoms with Gasteiger partial charge in [0.15, 0.2) is 0 Å². The predicted octanol–water partition coefficient (Wildman–Crippen LogP) is 2.76. The Hall–Kier alpha value is -3.55. The molecule has 0 atom stereocenters. The average Bonchev–Trinajstić information content (AvgIpc) is 2.93. The molecule has 0 spiro atoms. The van der Waals surface area contributed by atoms with E-state index in [0.29, 0.717) is 29.5 Å². The van der Waals surface area contributed by atoms with Crippen molar-refractivity contribution in [1.82, 2.24) is 4.90 Å². The third-order valence-electron chi connectivity index (χ3n) is 4.44. The molecule has 1 aliphatic heterocycles. The smallest absolute Gasteiger partial charge is 0.310 e. The first-order chi connectivity index (χ1) is 13.5. The summed E-state index contributed by atoms with van der Waals surface area (Å²) in [5, 5.41) is 11.0. The molecular weight excluding hydrogens is 364 g/mol. The Morgan fingerprint density at radius 2 is 1.57 bits per heavy atom. The fourth-order valence-corrected chi connectivity index (χ4v) is 3.05. The Labute approximate surface area is 160 Å². The fourth-order valence-electron chi connectivity index (χ4n) is 3.05. The SMILES string of the molecule is O=C(Cc1ccccc1[N+](=O)[O-])OCCCCN1C(=O)c2ccccc2C1=O. The van der Waals surface area contributed by atoms with Gasteiger partial charge in [-0.1, -0.05) is 30.3 Å². The minimum atomic E-state index is -0.560. The lowest BCUT2D eigenvalue weighted by atomic mass is 10.1. The standard InChI is InChI=1S/C20H18N2O6/c23-18(13-14-7-1-4-10-17(14)22(26)27)28-12-6-5-11-21-19(24)15-8-2-3-9-16(15)20(21)25/h1-4,7-10H,5-6,11-13H2. The largest absolute Gasteiger partial charge is 0.465 e. The third-order valence-corrected chi connectivity index (χ3v) is 4.44. The molecule has 3 rings (SSSR count). The summed E-state index contributed by atoms with van der Waals surface area (Å²) in [6, 6.07) is 12.7. The normalized spacial score (nSPS) is 12.8. The summed E-state index contributed by atoms with van der Waals surface area (Å²) >= 11 is 0. The van der Waals surface area contributed by atoms with Gasteiger partial charge in [-0.3, -0.25) is 29.4 Å². The number of fused-ring (bicyclic) bond motifs is 1. The Balaban J connectivity index is 1.42. The average molecular weight is 382 g/mol. The summed E-state index contributed by atoms with van der Waals surface area (Å²) in [5.41, 5.74) is 0.986. The zero-order chi connectivity index (χ0) is 20.1. The van der Waals surface area contributed by atoms with Gasteiger partial charge in [0.2, 0.25) is 0 Å². The Morgan fingerprint density at radius 3 is 2.21 bits per heavy atom. The molecule has 0 radical (unpaired) electrons. The molecule has 28 heavy (non-hydrogen) atoms. The van der Waals surface area contributed by atoms with Crippen LogP contribution in [0.25, 0.3) is 0 Å². The van der Waals surface area contributed by atoms with Crippen molar-refractivity contribution < 1.29 is 24.0 Å². The number of amides is 2. The summed E-state index contributed by atoms with van der Waals surface area (Å²) in [4.78, 5) is 48.0. The lowest BCUT2D eigenvalue weighted by Gasteiger charge is -2.13. The highest BCUT2D eigenvalue weighted by molar-refractivity contribution is 6.21. The molecule has 2 amide bonds. The molecule has 0 fully saturated rings. The number of rotatable bonds is 8. The second kappa shape index (κ2) is 8.43. The highest BCUT2D eigenvalue weighted by atomic mass is 16.6. The fraction of sp³-hybridized carbons (Fsp3) is 0.250. The van der Waals surface area contributed by atoms with Crippen molar-refractivity contribution >= 4 is 23.5 Å². The van der Waals surface area contributed by atoms with E-state index in [1.165, 1.54) is 23.1 Å². The van der Waals surface area contributed by atoms with Crippen LogP contribution < -0.4 is 0 Å². The molecule has 144 valence electrons. The van der Waals surface area contributed by atoms with Crippen LogP contribution in [0.4, 0.5) is 5.69 Å². The van der Waals surface area contributed by atoms with Crippen molar-refractivity contribution in [3.05, 3.63) is 75.3 Å². The maximum atomic E-state index is 12.2. The van der Waals surface area contributed by atoms with Crippen molar-refractivity contribution in [3.8, 4) is 0 Å². The number of benzene rings is 2. The van der Waals surface area contributed by atoms with E-state index >= 15 is 0 Å². The summed E-state index contributed by atoms with van der Waals surface area (Å²) in [6.45, 7) is 0.358. The van der Waals surface area contributed by atoms with Gasteiger partial charge in [0.25, 0.3) is 17.5 Å². The molecule has 0 saturated carbocycles. The van der Waals surface area contributed by atoms with Gasteiger partial charge in [0.05, 0.1) is 29.1 Å². The maximum Gasteiger partial charge on any atom is 0.310 e. The van der Waals surface area contributed by atoms with Crippen molar-refractivity contribution in [3.63, 3.8) is 0 Å². The zero-order valence-electron chi connectivity index (χ0n) is 15.0. The van der Waals surface area contributed by atoms with E-state index in [1.54, 1.807) is 30.3 Å². The summed E-state index contributed by atoms with van der Waals surface area (Å²) < 4.78 is 5.11. The monoisotopic (exact) mass is 382 g/mol. The maximum absolute atomic E-state index is 12.2. The molecule has 8 nitrogen and oxygen atoms in total. The number of ether oxygens (including phenoxy) is 1. The summed E-state index contributed by atoms with van der Waals surface area (Å²) in [5.74, 6) is -1.18. The molecule has 0 aliphatic carbocycles. The molecule has 1 heterocycles. The zero-order valence-corrected chi connectivity index (χ0v) is 15.0. The number of carbonyl (C=O) groups is 3. The van der Waals surface area contributed by atoms with Crippen LogP contribution in [0, 0.1) is 10.1 Å². The second-order valence-corrected chi connectivity index (χ2v) is 6.30. The number of hydrogen-bond acceptors (Lipinski definition) is 6. The predicted molar refractivity (Wildman–Crippen MR) is 98.8 cm³/mol. The molecule has 0 bridgehead atoms. The molecule has 0 saturated heterocycles. The Bertz CT molecular complexity index is 905. The number of para-hydroxylation sites is 1. The lowest BCUT2D eigenvalue weighted by Crippen LogP contribution is -2.30. The highest BCUT2D eigenvalue weighted by Crippen LogP contribution is 2.22. The minimum Gasteiger partial charge on any atom is -0.465 e. The van der Waals surface area contributed by atoms with E-state index in [-0.39, 0.29) is 37.1 Å². The molecule has 2 aromatic carbocycles. The van der Waals surface area contributed by atoms with Crippen LogP contribution in [0.5, 0.6) is 0 Å². The van der Waals surface area contributed by atoms with Gasteiger partial charge < -0.3 is 4.74 Å². The van der Waals surface area contributed by atoms with Gasteiger partial charge in [-0.25, -0.2) is 0 Å². The first kappa shape index (κ1) is 19.2. The number of unbranched alkanes of at least 4 members (excludes halogenated alkanes) is 1. The number of hydrogen-bond donors (Lipinski definition) is 0. The number of carbonyl (C=O) groups excluding carboxylic acids is 3. The molecule has 2 aromatic rings. The summed E-state index contributed by atoms with van der Waals surface area (Å²) in [7, 11) is 0. The Kier molecular flexibility index (Phi) is 5.78. The lowest BCUT2D eigenvalue weighted by molar-refractivity contribution is -0.385. The van der Waals surface area contributed by atoms with E-state index in [1.807, 2.05) is 0 Å². The van der Waals surface area contributed by atoms with Crippen molar-refractivity contribution in [2.75, 3.05) is 13.2 Å². The minimum absolute atomic E-state index is 0.114. The van der Waals surface area contributed by atoms with Gasteiger partial charge in [0, 0.05) is 18.2 Å². The number of nitro groups is 1. The van der Waals surface area contributed by atoms with Crippen molar-refractivity contribution in [2.45, 2.75) is 19.3 Å². The molecule has 8 heteroatoms. The van der Waals surface area contributed by atoms with Crippen LogP contribution in [0.2, 0.25) is 0 Å². The Morgan fingerprint density at radius 1 is 0.964 bits per heavy atom. The third kappa shape index (κ3) is 4.06. The van der Waals surface area contributed by atoms with Gasteiger partial charge in [-0.15, -0.1) is 0 Å². The van der Waals surface area contributed by atoms with Crippen LogP contribution in [0.15, 0.2) is 48.5 Å². The summed E-state index contributed by atoms with van der Waals surface area (Å²) in [6.07, 6.45) is 0.774. The van der Waals surface area contributed by atoms with Gasteiger partial charge in [0.1, 0.15) is 0 Å². The topological polar surface area (TPSA) is 107 Å². The van der Waals surface area contributed by atoms with E-state index < -0.39 is 10.9 Å². The second-order valence-electron chi connectivity index (χ2n) is 6.30. The van der Waals surface area contributed by atoms with Crippen LogP contribution >= 0.6 is 0 Å². The van der Waals surface area contributed by atoms with Crippen LogP contribution in [0.1, 0.15) is 39.1 Å². The first-order valence-corrected chi connectivity index (χ1v) is 8.82. The molecular formula is C20H18N2O6. The number of nitrogens with zero attached hydrogens (tertiary/aromatic N) is 2. The van der Waals surface area contributed by atoms with Crippen LogP contribution in [-0.4, -0.2) is 40.8 Å². The van der Waals surface area contributed by atoms with Gasteiger partial charge in [-0.05, 0) is 25.0 Å². The van der Waals surface area contributed by atoms with Gasteiger partial charge in [-0.2, -0.15) is 0 Å². The van der Waals surface area contributed by atoms with Crippen molar-refractivity contribution in [1.29, 1.82) is 0 Å². The number of nitro benzene ring substituents is 1. The van der Waals surface area contributed by atoms with Crippen molar-refractivity contribution in [2.24, 2.45) is 0 Å². The van der Waals surface area contributed by atoms with Crippen LogP contribution in [0.3, 0.4) is 0 Å². The number of imide groups is 1. The van der Waals surface area contributed by atoms with Crippen LogP contribution in [-0.2, 0) is 16.0 Å². The van der Waals surface area contributed by atoms with E-state index in [4.69, 9.17) is 4.74 Å². The molecule has 1 aliphatic rings. The van der Waals surface area contributed by atoms with E-state index in [2.05, 4.69) is 0 Å². The highest BCUT2D eigenvalue weighted by Gasteiger charge is 2.34. The number of esters is 1. The molecule has 0 aromatic heterocycles. The molecule has 0 N–H and O–H groups in total. The van der Waals surface area contributed by atoms with E-state index in [0.717, 1.165) is 0 Å².